The lowest BCUT2D eigenvalue weighted by molar-refractivity contribution is -0.111. The minimum atomic E-state index is -0.292. The van der Waals surface area contributed by atoms with Crippen molar-refractivity contribution < 1.29 is 19.1 Å². The molecule has 1 aromatic carbocycles. The third-order valence-electron chi connectivity index (χ3n) is 7.34. The molecular weight excluding hydrogens is 498 g/mol. The molecule has 2 bridgehead atoms. The second-order valence-corrected chi connectivity index (χ2v) is 9.84. The lowest BCUT2D eigenvalue weighted by Gasteiger charge is -2.31. The number of methoxy groups -OCH3 is 1. The van der Waals surface area contributed by atoms with Crippen LogP contribution in [0.1, 0.15) is 30.1 Å². The quantitative estimate of drug-likeness (QED) is 0.416. The van der Waals surface area contributed by atoms with E-state index in [1.54, 1.807) is 12.2 Å². The van der Waals surface area contributed by atoms with Crippen LogP contribution in [0.5, 0.6) is 5.75 Å². The number of pyridine rings is 1. The largest absolute Gasteiger partial charge is 0.494 e. The summed E-state index contributed by atoms with van der Waals surface area (Å²) >= 11 is 0. The van der Waals surface area contributed by atoms with E-state index in [4.69, 9.17) is 14.3 Å². The molecule has 39 heavy (non-hydrogen) atoms. The van der Waals surface area contributed by atoms with E-state index in [-0.39, 0.29) is 24.1 Å². The van der Waals surface area contributed by atoms with Gasteiger partial charge in [0.1, 0.15) is 17.9 Å². The van der Waals surface area contributed by atoms with Crippen LogP contribution in [-0.4, -0.2) is 59.9 Å². The second-order valence-electron chi connectivity index (χ2n) is 9.84. The molecule has 0 spiro atoms. The standard InChI is InChI=1S/C28H31N7O4/c1-4-28(36)33-21-10-22(25(37-3)11-24(21)34-14-20-9-19(34)15-38-20)32-26-12-27(31-16-30-26)35-23(7-8-39-35)18-6-5-17(2)29-13-18/h4-6,10-13,16,19-20,23H,1,7-9,14-15H2,2-3H3,(H,33,36)(H,30,31,32)/t19-,20-,23+/m0/s1. The van der Waals surface area contributed by atoms with Crippen molar-refractivity contribution in [1.29, 1.82) is 0 Å². The van der Waals surface area contributed by atoms with Crippen LogP contribution in [-0.2, 0) is 14.4 Å². The van der Waals surface area contributed by atoms with Gasteiger partial charge in [0.25, 0.3) is 0 Å². The number of benzene rings is 1. The van der Waals surface area contributed by atoms with Gasteiger partial charge in [-0.2, -0.15) is 0 Å². The van der Waals surface area contributed by atoms with Crippen LogP contribution in [0.25, 0.3) is 0 Å². The normalized spacial score (nSPS) is 21.7. The van der Waals surface area contributed by atoms with Crippen molar-refractivity contribution in [3.8, 4) is 5.75 Å². The van der Waals surface area contributed by atoms with Crippen LogP contribution in [0.3, 0.4) is 0 Å². The first-order valence-corrected chi connectivity index (χ1v) is 13.0. The summed E-state index contributed by atoms with van der Waals surface area (Å²) in [6, 6.07) is 9.95. The zero-order chi connectivity index (χ0) is 26.9. The van der Waals surface area contributed by atoms with Gasteiger partial charge in [0.15, 0.2) is 5.82 Å². The van der Waals surface area contributed by atoms with Crippen molar-refractivity contribution in [1.82, 2.24) is 15.0 Å². The average Bonchev–Trinajstić information content (AvgIpc) is 3.72. The average molecular weight is 530 g/mol. The first-order valence-electron chi connectivity index (χ1n) is 13.0. The Bertz CT molecular complexity index is 1380. The molecule has 3 aliphatic heterocycles. The van der Waals surface area contributed by atoms with E-state index in [1.165, 1.54) is 12.4 Å². The van der Waals surface area contributed by atoms with Crippen molar-refractivity contribution in [2.45, 2.75) is 38.0 Å². The number of hydroxylamine groups is 1. The predicted octanol–water partition coefficient (Wildman–Crippen LogP) is 3.92. The molecule has 3 fully saturated rings. The first kappa shape index (κ1) is 25.1. The number of ether oxygens (including phenoxy) is 2. The summed E-state index contributed by atoms with van der Waals surface area (Å²) in [6.07, 6.45) is 6.63. The molecule has 3 atom stereocenters. The number of aryl methyl sites for hydroxylation is 1. The number of fused-ring (bicyclic) bond motifs is 2. The van der Waals surface area contributed by atoms with Gasteiger partial charge >= 0.3 is 0 Å². The molecule has 202 valence electrons. The molecule has 0 unspecified atom stereocenters. The topological polar surface area (TPSA) is 114 Å². The fourth-order valence-electron chi connectivity index (χ4n) is 5.40. The summed E-state index contributed by atoms with van der Waals surface area (Å²) in [5.74, 6) is 1.50. The molecule has 2 N–H and O–H groups in total. The number of aromatic nitrogens is 3. The van der Waals surface area contributed by atoms with E-state index in [2.05, 4.69) is 43.1 Å². The lowest BCUT2D eigenvalue weighted by atomic mass is 10.1. The number of nitrogens with zero attached hydrogens (tertiary/aromatic N) is 5. The zero-order valence-electron chi connectivity index (χ0n) is 22.0. The monoisotopic (exact) mass is 529 g/mol. The van der Waals surface area contributed by atoms with Gasteiger partial charge in [-0.15, -0.1) is 0 Å². The molecule has 0 aliphatic carbocycles. The Morgan fingerprint density at radius 3 is 2.82 bits per heavy atom. The molecule has 1 amide bonds. The van der Waals surface area contributed by atoms with E-state index in [0.717, 1.165) is 36.3 Å². The Morgan fingerprint density at radius 1 is 1.21 bits per heavy atom. The Hall–Kier alpha value is -4.22. The highest BCUT2D eigenvalue weighted by atomic mass is 16.7. The van der Waals surface area contributed by atoms with Crippen molar-refractivity contribution in [2.24, 2.45) is 0 Å². The Labute approximate surface area is 226 Å². The number of nitrogens with one attached hydrogen (secondary N) is 2. The minimum absolute atomic E-state index is 0.00448. The maximum absolute atomic E-state index is 12.3. The fraction of sp³-hybridized carbons (Fsp3) is 0.357. The first-order chi connectivity index (χ1) is 19.0. The van der Waals surface area contributed by atoms with Crippen molar-refractivity contribution in [2.75, 3.05) is 47.5 Å². The lowest BCUT2D eigenvalue weighted by Crippen LogP contribution is -2.37. The van der Waals surface area contributed by atoms with Crippen LogP contribution >= 0.6 is 0 Å². The summed E-state index contributed by atoms with van der Waals surface area (Å²) in [4.78, 5) is 33.9. The molecule has 3 saturated heterocycles. The van der Waals surface area contributed by atoms with E-state index in [9.17, 15) is 4.79 Å². The number of carbonyl (C=O) groups is 1. The summed E-state index contributed by atoms with van der Waals surface area (Å²) < 4.78 is 11.5. The molecule has 0 radical (unpaired) electrons. The molecule has 11 heteroatoms. The number of morpholine rings is 1. The van der Waals surface area contributed by atoms with Crippen LogP contribution in [0.4, 0.5) is 28.7 Å². The number of hydrogen-bond donors (Lipinski definition) is 2. The molecule has 2 aromatic heterocycles. The van der Waals surface area contributed by atoms with Crippen LogP contribution in [0.15, 0.2) is 55.5 Å². The van der Waals surface area contributed by atoms with Crippen LogP contribution in [0.2, 0.25) is 0 Å². The maximum Gasteiger partial charge on any atom is 0.247 e. The van der Waals surface area contributed by atoms with E-state index >= 15 is 0 Å². The third-order valence-corrected chi connectivity index (χ3v) is 7.34. The van der Waals surface area contributed by atoms with E-state index in [1.807, 2.05) is 37.4 Å². The third kappa shape index (κ3) is 4.98. The Kier molecular flexibility index (Phi) is 6.76. The Balaban J connectivity index is 1.30. The van der Waals surface area contributed by atoms with E-state index in [0.29, 0.717) is 42.0 Å². The number of rotatable bonds is 8. The number of amides is 1. The SMILES string of the molecule is C=CC(=O)Nc1cc(Nc2cc(N3OCC[C@@H]3c3ccc(C)nc3)ncn2)c(OC)cc1N1C[C@@H]2C[C@H]1CO2. The van der Waals surface area contributed by atoms with Gasteiger partial charge in [-0.25, -0.2) is 15.0 Å². The highest BCUT2D eigenvalue weighted by Gasteiger charge is 2.40. The van der Waals surface area contributed by atoms with Crippen molar-refractivity contribution >= 4 is 34.6 Å². The summed E-state index contributed by atoms with van der Waals surface area (Å²) in [5, 5.41) is 8.10. The predicted molar refractivity (Wildman–Crippen MR) is 147 cm³/mol. The van der Waals surface area contributed by atoms with Crippen molar-refractivity contribution in [3.05, 3.63) is 66.8 Å². The fourth-order valence-corrected chi connectivity index (χ4v) is 5.40. The molecular formula is C28H31N7O4. The van der Waals surface area contributed by atoms with Crippen molar-refractivity contribution in [3.63, 3.8) is 0 Å². The van der Waals surface area contributed by atoms with Gasteiger partial charge in [-0.05, 0) is 37.1 Å². The molecule has 3 aromatic rings. The number of carbonyl (C=O) groups excluding carboxylic acids is 1. The highest BCUT2D eigenvalue weighted by Crippen LogP contribution is 2.43. The van der Waals surface area contributed by atoms with E-state index < -0.39 is 0 Å². The summed E-state index contributed by atoms with van der Waals surface area (Å²) in [6.45, 7) is 7.58. The molecule has 6 rings (SSSR count). The summed E-state index contributed by atoms with van der Waals surface area (Å²) in [5.41, 5.74) is 4.21. The molecule has 0 saturated carbocycles. The van der Waals surface area contributed by atoms with Gasteiger partial charge < -0.3 is 25.0 Å². The van der Waals surface area contributed by atoms with Gasteiger partial charge in [0.05, 0.1) is 55.6 Å². The maximum atomic E-state index is 12.3. The number of hydrogen-bond acceptors (Lipinski definition) is 10. The van der Waals surface area contributed by atoms with Gasteiger partial charge in [0.2, 0.25) is 5.91 Å². The zero-order valence-corrected chi connectivity index (χ0v) is 22.0. The van der Waals surface area contributed by atoms with Gasteiger partial charge in [-0.1, -0.05) is 12.6 Å². The Morgan fingerprint density at radius 2 is 2.10 bits per heavy atom. The summed E-state index contributed by atoms with van der Waals surface area (Å²) in [7, 11) is 1.62. The molecule has 11 nitrogen and oxygen atoms in total. The molecule has 5 heterocycles. The smallest absolute Gasteiger partial charge is 0.247 e. The minimum Gasteiger partial charge on any atom is -0.494 e. The number of anilines is 5. The second kappa shape index (κ2) is 10.5. The van der Waals surface area contributed by atoms with Crippen LogP contribution < -0.4 is 25.3 Å². The highest BCUT2D eigenvalue weighted by molar-refractivity contribution is 6.02. The van der Waals surface area contributed by atoms with Crippen LogP contribution in [0, 0.1) is 6.92 Å². The molecule has 3 aliphatic rings. The van der Waals surface area contributed by atoms with Gasteiger partial charge in [-0.3, -0.25) is 14.6 Å². The van der Waals surface area contributed by atoms with Gasteiger partial charge in [0, 0.05) is 37.0 Å².